The molecule has 0 amide bonds. The van der Waals surface area contributed by atoms with Gasteiger partial charge in [0.25, 0.3) is 0 Å². The minimum absolute atomic E-state index is 0.0506. The molecule has 54 valence electrons. The van der Waals surface area contributed by atoms with E-state index in [-0.39, 0.29) is 10.1 Å². The normalized spacial score (nSPS) is 23.5. The maximum absolute atomic E-state index is 10.8. The molecule has 2 N–H and O–H groups in total. The van der Waals surface area contributed by atoms with Crippen molar-refractivity contribution in [2.75, 3.05) is 0 Å². The van der Waals surface area contributed by atoms with E-state index in [9.17, 15) is 9.12 Å². The molecule has 1 aliphatic heterocycles. The van der Waals surface area contributed by atoms with Gasteiger partial charge in [0.1, 0.15) is 10.8 Å². The van der Waals surface area contributed by atoms with Crippen LogP contribution in [0.2, 0.25) is 0 Å². The molecular formula is C4H4N2O3S. The molecular weight excluding hydrogens is 156 g/mol. The lowest BCUT2D eigenvalue weighted by atomic mass is 10.6. The molecule has 1 aliphatic rings. The lowest BCUT2D eigenvalue weighted by molar-refractivity contribution is 0.248. The summed E-state index contributed by atoms with van der Waals surface area (Å²) in [6.07, 6.45) is 2.64. The van der Waals surface area contributed by atoms with E-state index in [1.165, 1.54) is 12.2 Å². The fraction of sp³-hybridized carbons (Fsp3) is 0. The van der Waals surface area contributed by atoms with E-state index < -0.39 is 10.8 Å². The first kappa shape index (κ1) is 7.10. The van der Waals surface area contributed by atoms with Gasteiger partial charge in [0.15, 0.2) is 5.03 Å². The van der Waals surface area contributed by atoms with E-state index >= 15 is 0 Å². The third kappa shape index (κ3) is 0.981. The van der Waals surface area contributed by atoms with Crippen molar-refractivity contribution in [1.29, 1.82) is 0 Å². The van der Waals surface area contributed by atoms with Crippen LogP contribution in [0.3, 0.4) is 0 Å². The van der Waals surface area contributed by atoms with E-state index in [1.54, 1.807) is 0 Å². The molecule has 0 aromatic heterocycles. The van der Waals surface area contributed by atoms with Crippen LogP contribution >= 0.6 is 0 Å². The molecule has 0 aliphatic carbocycles. The number of hydrogen-bond donors (Lipinski definition) is 1. The van der Waals surface area contributed by atoms with E-state index in [0.29, 0.717) is 0 Å². The van der Waals surface area contributed by atoms with Crippen LogP contribution < -0.4 is 5.90 Å². The highest BCUT2D eigenvalue weighted by Crippen LogP contribution is 2.19. The minimum Gasteiger partial charge on any atom is -0.401 e. The summed E-state index contributed by atoms with van der Waals surface area (Å²) in [6, 6.07) is 0. The Balaban J connectivity index is 2.82. The van der Waals surface area contributed by atoms with Gasteiger partial charge in [0.05, 0.1) is 0 Å². The second-order valence-corrected chi connectivity index (χ2v) is 2.83. The van der Waals surface area contributed by atoms with Gasteiger partial charge in [-0.25, -0.2) is 4.21 Å². The Bertz CT molecular complexity index is 245. The van der Waals surface area contributed by atoms with Gasteiger partial charge in [-0.1, -0.05) is 0 Å². The van der Waals surface area contributed by atoms with Crippen molar-refractivity contribution in [2.24, 2.45) is 11.1 Å². The standard InChI is InChI=1S/C4H4N2O3S/c5-9-4-2-1-3(6-7)10(4)8/h1-2H,5H2. The van der Waals surface area contributed by atoms with Crippen molar-refractivity contribution < 1.29 is 9.05 Å². The highest BCUT2D eigenvalue weighted by molar-refractivity contribution is 7.92. The molecule has 0 spiro atoms. The molecule has 5 nitrogen and oxygen atoms in total. The summed E-state index contributed by atoms with van der Waals surface area (Å²) in [4.78, 5) is 14.0. The zero-order valence-corrected chi connectivity index (χ0v) is 5.63. The van der Waals surface area contributed by atoms with E-state index in [2.05, 4.69) is 10.0 Å². The summed E-state index contributed by atoms with van der Waals surface area (Å²) in [5, 5.41) is 2.47. The van der Waals surface area contributed by atoms with Crippen LogP contribution in [0, 0.1) is 4.91 Å². The van der Waals surface area contributed by atoms with Gasteiger partial charge < -0.3 is 4.84 Å². The highest BCUT2D eigenvalue weighted by atomic mass is 32.2. The number of hydrogen-bond acceptors (Lipinski definition) is 5. The van der Waals surface area contributed by atoms with Crippen LogP contribution in [0.1, 0.15) is 0 Å². The lowest BCUT2D eigenvalue weighted by Gasteiger charge is -1.94. The predicted molar refractivity (Wildman–Crippen MR) is 35.4 cm³/mol. The summed E-state index contributed by atoms with van der Waals surface area (Å²) in [5.41, 5.74) is 0. The molecule has 0 radical (unpaired) electrons. The van der Waals surface area contributed by atoms with Crippen molar-refractivity contribution in [3.8, 4) is 0 Å². The van der Waals surface area contributed by atoms with Crippen molar-refractivity contribution in [2.45, 2.75) is 0 Å². The largest absolute Gasteiger partial charge is 0.401 e. The highest BCUT2D eigenvalue weighted by Gasteiger charge is 2.19. The molecule has 1 unspecified atom stereocenters. The summed E-state index contributed by atoms with van der Waals surface area (Å²) in [5.74, 6) is 4.70. The topological polar surface area (TPSA) is 81.8 Å². The average Bonchev–Trinajstić information content (AvgIpc) is 2.30. The minimum atomic E-state index is -1.60. The molecule has 6 heteroatoms. The Morgan fingerprint density at radius 2 is 2.30 bits per heavy atom. The predicted octanol–water partition coefficient (Wildman–Crippen LogP) is 0.0882. The van der Waals surface area contributed by atoms with Gasteiger partial charge in [-0.05, 0) is 17.3 Å². The zero-order chi connectivity index (χ0) is 7.56. The summed E-state index contributed by atoms with van der Waals surface area (Å²) < 4.78 is 10.8. The van der Waals surface area contributed by atoms with Crippen LogP contribution in [-0.4, -0.2) is 4.21 Å². The molecule has 0 bridgehead atoms. The van der Waals surface area contributed by atoms with Crippen molar-refractivity contribution in [1.82, 2.24) is 0 Å². The summed E-state index contributed by atoms with van der Waals surface area (Å²) in [7, 11) is -1.60. The van der Waals surface area contributed by atoms with Gasteiger partial charge in [0, 0.05) is 0 Å². The van der Waals surface area contributed by atoms with E-state index in [4.69, 9.17) is 5.90 Å². The van der Waals surface area contributed by atoms with Crippen LogP contribution in [0.5, 0.6) is 0 Å². The van der Waals surface area contributed by atoms with Gasteiger partial charge in [-0.2, -0.15) is 5.90 Å². The van der Waals surface area contributed by atoms with Crippen LogP contribution in [0.4, 0.5) is 0 Å². The van der Waals surface area contributed by atoms with Crippen LogP contribution in [0.25, 0.3) is 0 Å². The smallest absolute Gasteiger partial charge is 0.216 e. The lowest BCUT2D eigenvalue weighted by Crippen LogP contribution is -2.02. The Morgan fingerprint density at radius 3 is 2.60 bits per heavy atom. The second-order valence-electron chi connectivity index (χ2n) is 1.47. The van der Waals surface area contributed by atoms with Gasteiger partial charge >= 0.3 is 0 Å². The van der Waals surface area contributed by atoms with Crippen LogP contribution in [0.15, 0.2) is 27.4 Å². The van der Waals surface area contributed by atoms with Crippen LogP contribution in [-0.2, 0) is 15.6 Å². The summed E-state index contributed by atoms with van der Waals surface area (Å²) >= 11 is 0. The molecule has 0 saturated carbocycles. The van der Waals surface area contributed by atoms with Crippen molar-refractivity contribution in [3.63, 3.8) is 0 Å². The molecule has 0 fully saturated rings. The molecule has 10 heavy (non-hydrogen) atoms. The Morgan fingerprint density at radius 1 is 1.60 bits per heavy atom. The summed E-state index contributed by atoms with van der Waals surface area (Å²) in [6.45, 7) is 0. The van der Waals surface area contributed by atoms with E-state index in [1.807, 2.05) is 0 Å². The monoisotopic (exact) mass is 160 g/mol. The second kappa shape index (κ2) is 2.72. The number of nitrogens with two attached hydrogens (primary N) is 1. The molecule has 0 aromatic carbocycles. The Labute approximate surface area is 58.9 Å². The van der Waals surface area contributed by atoms with Crippen molar-refractivity contribution in [3.05, 3.63) is 27.2 Å². The average molecular weight is 160 g/mol. The number of nitrogens with zero attached hydrogens (tertiary/aromatic N) is 1. The molecule has 0 aromatic rings. The Kier molecular flexibility index (Phi) is 1.93. The zero-order valence-electron chi connectivity index (χ0n) is 4.81. The molecule has 0 saturated heterocycles. The Hall–Kier alpha value is -1.01. The molecule has 1 atom stereocenters. The first-order chi connectivity index (χ1) is 4.79. The van der Waals surface area contributed by atoms with Crippen molar-refractivity contribution >= 4 is 10.8 Å². The maximum Gasteiger partial charge on any atom is 0.216 e. The van der Waals surface area contributed by atoms with Gasteiger partial charge in [0.2, 0.25) is 5.09 Å². The van der Waals surface area contributed by atoms with E-state index in [0.717, 1.165) is 0 Å². The maximum atomic E-state index is 10.8. The molecule has 1 heterocycles. The SMILES string of the molecule is NOC1=CC=C(N=O)S1=O. The first-order valence-electron chi connectivity index (χ1n) is 2.33. The fourth-order valence-electron chi connectivity index (χ4n) is 0.513. The first-order valence-corrected chi connectivity index (χ1v) is 3.48. The molecule has 1 rings (SSSR count). The fourth-order valence-corrected chi connectivity index (χ4v) is 1.26. The third-order valence-electron chi connectivity index (χ3n) is 0.941. The number of nitroso groups, excluding NO2 is 1. The number of rotatable bonds is 2. The number of allylic oxidation sites excluding steroid dienone is 2. The third-order valence-corrected chi connectivity index (χ3v) is 2.13. The quantitative estimate of drug-likeness (QED) is 0.458. The van der Waals surface area contributed by atoms with Gasteiger partial charge in [-0.15, -0.1) is 4.91 Å². The van der Waals surface area contributed by atoms with Gasteiger partial charge in [-0.3, -0.25) is 0 Å².